The molecule has 0 bridgehead atoms. The lowest BCUT2D eigenvalue weighted by atomic mass is 9.91. The van der Waals surface area contributed by atoms with Gasteiger partial charge in [0.05, 0.1) is 5.56 Å². The molecule has 0 saturated carbocycles. The Hall–Kier alpha value is -2.10. The van der Waals surface area contributed by atoms with Crippen LogP contribution in [0, 0.1) is 18.8 Å². The predicted octanol–water partition coefficient (Wildman–Crippen LogP) is 3.17. The number of ketones is 1. The number of para-hydroxylation sites is 1. The molecule has 2 heterocycles. The zero-order chi connectivity index (χ0) is 16.7. The highest BCUT2D eigenvalue weighted by Gasteiger charge is 2.32. The maximum atomic E-state index is 12.9. The third-order valence-corrected chi connectivity index (χ3v) is 4.98. The minimum Gasteiger partial charge on any atom is -0.347 e. The highest BCUT2D eigenvalue weighted by Crippen LogP contribution is 2.27. The van der Waals surface area contributed by atoms with Crippen molar-refractivity contribution in [2.24, 2.45) is 18.9 Å². The van der Waals surface area contributed by atoms with Gasteiger partial charge in [-0.15, -0.1) is 0 Å². The lowest BCUT2D eigenvalue weighted by Gasteiger charge is -2.34. The summed E-state index contributed by atoms with van der Waals surface area (Å²) in [6.45, 7) is 7.55. The molecule has 1 fully saturated rings. The summed E-state index contributed by atoms with van der Waals surface area (Å²) >= 11 is 0. The molecule has 1 amide bonds. The Morgan fingerprint density at radius 2 is 1.70 bits per heavy atom. The van der Waals surface area contributed by atoms with Crippen molar-refractivity contribution < 1.29 is 9.59 Å². The molecule has 0 spiro atoms. The molecule has 23 heavy (non-hydrogen) atoms. The van der Waals surface area contributed by atoms with Gasteiger partial charge >= 0.3 is 0 Å². The van der Waals surface area contributed by atoms with E-state index in [9.17, 15) is 9.59 Å². The molecule has 0 unspecified atom stereocenters. The normalized spacial score (nSPS) is 21.7. The van der Waals surface area contributed by atoms with E-state index in [-0.39, 0.29) is 11.7 Å². The van der Waals surface area contributed by atoms with E-state index in [0.29, 0.717) is 30.5 Å². The molecule has 2 atom stereocenters. The number of fused-ring (bicyclic) bond motifs is 1. The third kappa shape index (κ3) is 2.67. The summed E-state index contributed by atoms with van der Waals surface area (Å²) in [7, 11) is 1.93. The van der Waals surface area contributed by atoms with E-state index in [4.69, 9.17) is 0 Å². The number of carbonyl (C=O) groups excluding carboxylic acids is 2. The van der Waals surface area contributed by atoms with Crippen LogP contribution >= 0.6 is 0 Å². The van der Waals surface area contributed by atoms with Crippen molar-refractivity contribution in [3.05, 3.63) is 35.5 Å². The third-order valence-electron chi connectivity index (χ3n) is 4.98. The van der Waals surface area contributed by atoms with E-state index in [1.807, 2.05) is 42.8 Å². The largest absolute Gasteiger partial charge is 0.347 e. The molecule has 0 radical (unpaired) electrons. The van der Waals surface area contributed by atoms with Gasteiger partial charge in [-0.1, -0.05) is 32.0 Å². The van der Waals surface area contributed by atoms with Gasteiger partial charge < -0.3 is 9.47 Å². The Morgan fingerprint density at radius 3 is 2.35 bits per heavy atom. The van der Waals surface area contributed by atoms with E-state index >= 15 is 0 Å². The first-order valence-electron chi connectivity index (χ1n) is 8.27. The molecular weight excluding hydrogens is 288 g/mol. The van der Waals surface area contributed by atoms with E-state index in [2.05, 4.69) is 13.8 Å². The van der Waals surface area contributed by atoms with Gasteiger partial charge in [-0.25, -0.2) is 0 Å². The van der Waals surface area contributed by atoms with Gasteiger partial charge in [-0.3, -0.25) is 9.59 Å². The van der Waals surface area contributed by atoms with Crippen molar-refractivity contribution in [3.63, 3.8) is 0 Å². The Bertz CT molecular complexity index is 765. The number of piperidine rings is 1. The second-order valence-electron chi connectivity index (χ2n) is 7.02. The SMILES string of the molecule is Cc1c(C(=O)C(=O)N2C[C@H](C)C[C@@H](C)C2)c2ccccc2n1C. The summed E-state index contributed by atoms with van der Waals surface area (Å²) in [5, 5.41) is 0.865. The van der Waals surface area contributed by atoms with Crippen LogP contribution in [0.2, 0.25) is 0 Å². The molecular formula is C19H24N2O2. The van der Waals surface area contributed by atoms with Crippen LogP contribution < -0.4 is 0 Å². The Labute approximate surface area is 137 Å². The smallest absolute Gasteiger partial charge is 0.295 e. The van der Waals surface area contributed by atoms with Gasteiger partial charge in [0.15, 0.2) is 0 Å². The highest BCUT2D eigenvalue weighted by molar-refractivity contribution is 6.45. The van der Waals surface area contributed by atoms with Crippen LogP contribution in [0.15, 0.2) is 24.3 Å². The number of hydrogen-bond acceptors (Lipinski definition) is 2. The molecule has 1 aromatic carbocycles. The minimum atomic E-state index is -0.374. The molecule has 1 aromatic heterocycles. The summed E-state index contributed by atoms with van der Waals surface area (Å²) in [6, 6.07) is 7.76. The molecule has 0 aliphatic carbocycles. The van der Waals surface area contributed by atoms with Gasteiger partial charge in [-0.05, 0) is 31.2 Å². The fraction of sp³-hybridized carbons (Fsp3) is 0.474. The van der Waals surface area contributed by atoms with Crippen molar-refractivity contribution in [2.45, 2.75) is 27.2 Å². The summed E-state index contributed by atoms with van der Waals surface area (Å²) < 4.78 is 1.98. The number of benzene rings is 1. The van der Waals surface area contributed by atoms with Crippen molar-refractivity contribution in [2.75, 3.05) is 13.1 Å². The second kappa shape index (κ2) is 5.84. The van der Waals surface area contributed by atoms with Crippen molar-refractivity contribution >= 4 is 22.6 Å². The van der Waals surface area contributed by atoms with Crippen LogP contribution in [-0.2, 0) is 11.8 Å². The lowest BCUT2D eigenvalue weighted by Crippen LogP contribution is -2.45. The zero-order valence-corrected chi connectivity index (χ0v) is 14.3. The molecule has 1 saturated heterocycles. The van der Waals surface area contributed by atoms with Crippen LogP contribution in [-0.4, -0.2) is 34.2 Å². The molecule has 1 aliphatic rings. The molecule has 3 rings (SSSR count). The van der Waals surface area contributed by atoms with E-state index in [0.717, 1.165) is 23.0 Å². The van der Waals surface area contributed by atoms with Crippen molar-refractivity contribution in [1.29, 1.82) is 0 Å². The summed E-state index contributed by atoms with van der Waals surface area (Å²) in [5.41, 5.74) is 2.39. The number of rotatable bonds is 2. The molecule has 4 nitrogen and oxygen atoms in total. The van der Waals surface area contributed by atoms with Crippen LogP contribution in [0.4, 0.5) is 0 Å². The number of nitrogens with zero attached hydrogens (tertiary/aromatic N) is 2. The average molecular weight is 312 g/mol. The topological polar surface area (TPSA) is 42.3 Å². The fourth-order valence-electron chi connectivity index (χ4n) is 3.89. The number of amides is 1. The summed E-state index contributed by atoms with van der Waals surface area (Å²) in [6.07, 6.45) is 1.12. The molecule has 0 N–H and O–H groups in total. The van der Waals surface area contributed by atoms with Crippen molar-refractivity contribution in [3.8, 4) is 0 Å². The maximum Gasteiger partial charge on any atom is 0.295 e. The predicted molar refractivity (Wildman–Crippen MR) is 91.5 cm³/mol. The van der Waals surface area contributed by atoms with Crippen LogP contribution in [0.5, 0.6) is 0 Å². The lowest BCUT2D eigenvalue weighted by molar-refractivity contribution is -0.129. The molecule has 122 valence electrons. The fourth-order valence-corrected chi connectivity index (χ4v) is 3.89. The Morgan fingerprint density at radius 1 is 1.09 bits per heavy atom. The first-order valence-corrected chi connectivity index (χ1v) is 8.27. The number of likely N-dealkylation sites (tertiary alicyclic amines) is 1. The number of Topliss-reactive ketones (excluding diaryl/α,β-unsaturated/α-hetero) is 1. The second-order valence-corrected chi connectivity index (χ2v) is 7.02. The summed E-state index contributed by atoms with van der Waals surface area (Å²) in [5.74, 6) is 0.164. The zero-order valence-electron chi connectivity index (χ0n) is 14.3. The monoisotopic (exact) mass is 312 g/mol. The quantitative estimate of drug-likeness (QED) is 0.631. The van der Waals surface area contributed by atoms with Crippen LogP contribution in [0.3, 0.4) is 0 Å². The number of hydrogen-bond donors (Lipinski definition) is 0. The maximum absolute atomic E-state index is 12.9. The number of carbonyl (C=O) groups is 2. The first-order chi connectivity index (χ1) is 10.9. The number of aromatic nitrogens is 1. The van der Waals surface area contributed by atoms with Crippen LogP contribution in [0.1, 0.15) is 36.3 Å². The minimum absolute atomic E-state index is 0.358. The molecule has 4 heteroatoms. The summed E-state index contributed by atoms with van der Waals surface area (Å²) in [4.78, 5) is 27.4. The van der Waals surface area contributed by atoms with Gasteiger partial charge in [-0.2, -0.15) is 0 Å². The standard InChI is InChI=1S/C19H24N2O2/c1-12-9-13(2)11-21(10-12)19(23)18(22)17-14(3)20(4)16-8-6-5-7-15(16)17/h5-8,12-13H,9-11H2,1-4H3/t12-,13-/m1/s1. The van der Waals surface area contributed by atoms with Gasteiger partial charge in [0.25, 0.3) is 11.7 Å². The van der Waals surface area contributed by atoms with E-state index in [1.165, 1.54) is 0 Å². The highest BCUT2D eigenvalue weighted by atomic mass is 16.2. The average Bonchev–Trinajstić information content (AvgIpc) is 2.77. The Balaban J connectivity index is 1.97. The Kier molecular flexibility index (Phi) is 4.00. The first kappa shape index (κ1) is 15.8. The van der Waals surface area contributed by atoms with Crippen molar-refractivity contribution in [1.82, 2.24) is 9.47 Å². The van der Waals surface area contributed by atoms with Gasteiger partial charge in [0, 0.05) is 36.7 Å². The van der Waals surface area contributed by atoms with E-state index < -0.39 is 0 Å². The van der Waals surface area contributed by atoms with E-state index in [1.54, 1.807) is 4.90 Å². The molecule has 1 aliphatic heterocycles. The van der Waals surface area contributed by atoms with Gasteiger partial charge in [0.2, 0.25) is 0 Å². The molecule has 2 aromatic rings. The van der Waals surface area contributed by atoms with Crippen LogP contribution in [0.25, 0.3) is 10.9 Å². The number of aryl methyl sites for hydroxylation is 1. The van der Waals surface area contributed by atoms with Gasteiger partial charge in [0.1, 0.15) is 0 Å².